The molecular weight excluding hydrogens is 252 g/mol. The van der Waals surface area contributed by atoms with Crippen molar-refractivity contribution in [3.05, 3.63) is 61.2 Å². The van der Waals surface area contributed by atoms with Crippen molar-refractivity contribution in [1.29, 1.82) is 0 Å². The van der Waals surface area contributed by atoms with Gasteiger partial charge in [0.05, 0.1) is 6.61 Å². The Balaban J connectivity index is 3.26. The van der Waals surface area contributed by atoms with Crippen LogP contribution in [0.4, 0.5) is 0 Å². The zero-order chi connectivity index (χ0) is 15.0. The van der Waals surface area contributed by atoms with Gasteiger partial charge in [-0.25, -0.2) is 0 Å². The lowest BCUT2D eigenvalue weighted by molar-refractivity contribution is -0.152. The van der Waals surface area contributed by atoms with Gasteiger partial charge < -0.3 is 4.74 Å². The highest BCUT2D eigenvalue weighted by molar-refractivity contribution is 6.12. The van der Waals surface area contributed by atoms with E-state index in [0.717, 1.165) is 0 Å². The topological polar surface area (TPSA) is 43.4 Å². The van der Waals surface area contributed by atoms with Crippen LogP contribution >= 0.6 is 0 Å². The van der Waals surface area contributed by atoms with Crippen LogP contribution < -0.4 is 0 Å². The molecule has 0 N–H and O–H groups in total. The second-order valence-corrected chi connectivity index (χ2v) is 4.48. The van der Waals surface area contributed by atoms with Gasteiger partial charge in [-0.05, 0) is 19.8 Å². The number of carbonyl (C=O) groups excluding carboxylic acids is 2. The van der Waals surface area contributed by atoms with Gasteiger partial charge in [-0.15, -0.1) is 13.2 Å². The summed E-state index contributed by atoms with van der Waals surface area (Å²) in [5, 5.41) is 0. The summed E-state index contributed by atoms with van der Waals surface area (Å²) >= 11 is 0. The second-order valence-electron chi connectivity index (χ2n) is 4.48. The molecule has 1 aromatic carbocycles. The van der Waals surface area contributed by atoms with E-state index in [1.807, 2.05) is 6.07 Å². The van der Waals surface area contributed by atoms with Gasteiger partial charge in [-0.3, -0.25) is 9.59 Å². The summed E-state index contributed by atoms with van der Waals surface area (Å²) in [6, 6.07) is 8.75. The van der Waals surface area contributed by atoms with Crippen molar-refractivity contribution < 1.29 is 14.3 Å². The molecule has 0 fully saturated rings. The quantitative estimate of drug-likeness (QED) is 0.314. The van der Waals surface area contributed by atoms with Crippen LogP contribution in [-0.2, 0) is 9.53 Å². The summed E-state index contributed by atoms with van der Waals surface area (Å²) in [6.45, 7) is 9.26. The van der Waals surface area contributed by atoms with Gasteiger partial charge in [0.25, 0.3) is 0 Å². The molecule has 1 aromatic rings. The first-order chi connectivity index (χ1) is 9.62. The monoisotopic (exact) mass is 272 g/mol. The number of esters is 1. The number of Topliss-reactive ketones (excluding diaryl/α,β-unsaturated/α-hetero) is 1. The maximum Gasteiger partial charge on any atom is 0.320 e. The van der Waals surface area contributed by atoms with E-state index in [0.29, 0.717) is 5.56 Å². The first-order valence-electron chi connectivity index (χ1n) is 6.61. The number of benzene rings is 1. The smallest absolute Gasteiger partial charge is 0.320 e. The standard InChI is InChI=1S/C17H20O3/c1-4-12-17(13-5-2,16(19)20-6-3)15(18)14-10-8-7-9-11-14/h4-5,7-11H,1-2,6,12-13H2,3H3. The number of ketones is 1. The van der Waals surface area contributed by atoms with Gasteiger partial charge in [0.1, 0.15) is 5.41 Å². The van der Waals surface area contributed by atoms with Crippen molar-refractivity contribution in [1.82, 2.24) is 0 Å². The molecule has 0 aromatic heterocycles. The highest BCUT2D eigenvalue weighted by Gasteiger charge is 2.45. The minimum atomic E-state index is -1.26. The molecule has 3 heteroatoms. The number of ether oxygens (including phenoxy) is 1. The summed E-state index contributed by atoms with van der Waals surface area (Å²) in [4.78, 5) is 25.1. The Bertz CT molecular complexity index is 478. The predicted molar refractivity (Wildman–Crippen MR) is 79.5 cm³/mol. The van der Waals surface area contributed by atoms with Crippen LogP contribution in [0, 0.1) is 5.41 Å². The lowest BCUT2D eigenvalue weighted by Crippen LogP contribution is -2.40. The summed E-state index contributed by atoms with van der Waals surface area (Å²) in [6.07, 6.45) is 3.60. The number of hydrogen-bond acceptors (Lipinski definition) is 3. The van der Waals surface area contributed by atoms with Crippen LogP contribution in [0.3, 0.4) is 0 Å². The largest absolute Gasteiger partial charge is 0.465 e. The molecule has 0 bridgehead atoms. The fourth-order valence-electron chi connectivity index (χ4n) is 2.16. The Morgan fingerprint density at radius 2 is 1.70 bits per heavy atom. The first-order valence-corrected chi connectivity index (χ1v) is 6.61. The third-order valence-corrected chi connectivity index (χ3v) is 3.12. The molecule has 0 aliphatic rings. The van der Waals surface area contributed by atoms with Crippen LogP contribution in [0.2, 0.25) is 0 Å². The first kappa shape index (κ1) is 15.9. The van der Waals surface area contributed by atoms with E-state index < -0.39 is 11.4 Å². The van der Waals surface area contributed by atoms with Crippen molar-refractivity contribution in [2.45, 2.75) is 19.8 Å². The predicted octanol–water partition coefficient (Wildman–Crippen LogP) is 3.57. The van der Waals surface area contributed by atoms with Crippen molar-refractivity contribution in [2.75, 3.05) is 6.61 Å². The van der Waals surface area contributed by atoms with Crippen LogP contribution in [0.1, 0.15) is 30.1 Å². The van der Waals surface area contributed by atoms with E-state index in [2.05, 4.69) is 13.2 Å². The average Bonchev–Trinajstić information content (AvgIpc) is 2.47. The molecule has 0 atom stereocenters. The molecular formula is C17H20O3. The molecule has 0 unspecified atom stereocenters. The maximum atomic E-state index is 12.8. The van der Waals surface area contributed by atoms with Crippen molar-refractivity contribution in [3.63, 3.8) is 0 Å². The minimum Gasteiger partial charge on any atom is -0.465 e. The molecule has 0 amide bonds. The Morgan fingerprint density at radius 3 is 2.15 bits per heavy atom. The van der Waals surface area contributed by atoms with Gasteiger partial charge in [-0.2, -0.15) is 0 Å². The average molecular weight is 272 g/mol. The van der Waals surface area contributed by atoms with Crippen LogP contribution in [0.15, 0.2) is 55.6 Å². The molecule has 0 radical (unpaired) electrons. The van der Waals surface area contributed by atoms with Gasteiger partial charge in [0.15, 0.2) is 5.78 Å². The zero-order valence-electron chi connectivity index (χ0n) is 11.8. The van der Waals surface area contributed by atoms with E-state index in [1.165, 1.54) is 0 Å². The highest BCUT2D eigenvalue weighted by Crippen LogP contribution is 2.34. The second kappa shape index (κ2) is 7.43. The molecule has 1 rings (SSSR count). The Labute approximate surface area is 120 Å². The van der Waals surface area contributed by atoms with Gasteiger partial charge in [0, 0.05) is 5.56 Å². The number of rotatable bonds is 8. The van der Waals surface area contributed by atoms with E-state index in [-0.39, 0.29) is 25.2 Å². The number of carbonyl (C=O) groups is 2. The van der Waals surface area contributed by atoms with Crippen LogP contribution in [-0.4, -0.2) is 18.4 Å². The van der Waals surface area contributed by atoms with E-state index in [4.69, 9.17) is 4.74 Å². The number of hydrogen-bond donors (Lipinski definition) is 0. The highest BCUT2D eigenvalue weighted by atomic mass is 16.5. The van der Waals surface area contributed by atoms with E-state index in [9.17, 15) is 9.59 Å². The normalized spacial score (nSPS) is 10.7. The van der Waals surface area contributed by atoms with Gasteiger partial charge >= 0.3 is 5.97 Å². The maximum absolute atomic E-state index is 12.8. The Kier molecular flexibility index (Phi) is 5.91. The van der Waals surface area contributed by atoms with Gasteiger partial charge in [-0.1, -0.05) is 42.5 Å². The third kappa shape index (κ3) is 3.23. The summed E-state index contributed by atoms with van der Waals surface area (Å²) in [7, 11) is 0. The van der Waals surface area contributed by atoms with Gasteiger partial charge in [0.2, 0.25) is 0 Å². The Hall–Kier alpha value is -2.16. The summed E-state index contributed by atoms with van der Waals surface area (Å²) in [5.74, 6) is -0.773. The Morgan fingerprint density at radius 1 is 1.15 bits per heavy atom. The number of allylic oxidation sites excluding steroid dienone is 2. The van der Waals surface area contributed by atoms with Crippen LogP contribution in [0.5, 0.6) is 0 Å². The lowest BCUT2D eigenvalue weighted by Gasteiger charge is -2.28. The molecule has 0 spiro atoms. The zero-order valence-corrected chi connectivity index (χ0v) is 11.8. The fourth-order valence-corrected chi connectivity index (χ4v) is 2.16. The molecule has 20 heavy (non-hydrogen) atoms. The molecule has 0 aliphatic carbocycles. The third-order valence-electron chi connectivity index (χ3n) is 3.12. The molecule has 106 valence electrons. The van der Waals surface area contributed by atoms with E-state index in [1.54, 1.807) is 43.3 Å². The minimum absolute atomic E-state index is 0.228. The molecule has 0 saturated heterocycles. The molecule has 0 saturated carbocycles. The van der Waals surface area contributed by atoms with Crippen LogP contribution in [0.25, 0.3) is 0 Å². The van der Waals surface area contributed by atoms with Crippen molar-refractivity contribution in [3.8, 4) is 0 Å². The van der Waals surface area contributed by atoms with E-state index >= 15 is 0 Å². The van der Waals surface area contributed by atoms with Crippen molar-refractivity contribution in [2.24, 2.45) is 5.41 Å². The lowest BCUT2D eigenvalue weighted by atomic mass is 9.74. The summed E-state index contributed by atoms with van der Waals surface area (Å²) < 4.78 is 5.10. The SMILES string of the molecule is C=CCC(CC=C)(C(=O)OCC)C(=O)c1ccccc1. The molecule has 0 heterocycles. The molecule has 3 nitrogen and oxygen atoms in total. The fraction of sp³-hybridized carbons (Fsp3) is 0.294. The summed E-state index contributed by atoms with van der Waals surface area (Å²) in [5.41, 5.74) is -0.773. The molecule has 0 aliphatic heterocycles. The van der Waals surface area contributed by atoms with Crippen molar-refractivity contribution >= 4 is 11.8 Å².